The Balaban J connectivity index is 2.09. The number of amidine groups is 1. The predicted octanol–water partition coefficient (Wildman–Crippen LogP) is 2.60. The van der Waals surface area contributed by atoms with Crippen molar-refractivity contribution in [3.05, 3.63) is 58.9 Å². The number of pyridine rings is 1. The lowest BCUT2D eigenvalue weighted by molar-refractivity contribution is 0.306. The maximum Gasteiger partial charge on any atom is 0.122 e. The van der Waals surface area contributed by atoms with Gasteiger partial charge in [-0.2, -0.15) is 0 Å². The van der Waals surface area contributed by atoms with Gasteiger partial charge in [-0.15, -0.1) is 0 Å². The fraction of sp³-hybridized carbons (Fsp3) is 0.0769. The third-order valence-corrected chi connectivity index (χ3v) is 2.74. The van der Waals surface area contributed by atoms with Crippen molar-refractivity contribution in [3.8, 4) is 5.75 Å². The van der Waals surface area contributed by atoms with Crippen molar-refractivity contribution in [1.82, 2.24) is 4.98 Å². The van der Waals surface area contributed by atoms with Gasteiger partial charge in [0, 0.05) is 23.5 Å². The van der Waals surface area contributed by atoms with Gasteiger partial charge in [-0.05, 0) is 18.2 Å². The first-order chi connectivity index (χ1) is 8.66. The van der Waals surface area contributed by atoms with Crippen molar-refractivity contribution in [3.63, 3.8) is 0 Å². The summed E-state index contributed by atoms with van der Waals surface area (Å²) in [6, 6.07) is 8.88. The van der Waals surface area contributed by atoms with Crippen molar-refractivity contribution in [2.24, 2.45) is 5.73 Å². The number of nitrogen functional groups attached to an aromatic ring is 1. The lowest BCUT2D eigenvalue weighted by atomic mass is 10.2. The molecule has 2 aromatic rings. The lowest BCUT2D eigenvalue weighted by Crippen LogP contribution is -2.10. The molecule has 0 atom stereocenters. The molecule has 0 saturated carbocycles. The molecule has 5 heteroatoms. The standard InChI is InChI=1S/C13H12ClN3O/c14-12-7-17-5-4-10(12)8-18-11-3-1-2-9(6-11)13(15)16/h1-7H,8H2,(H3,15,16). The number of nitrogens with zero attached hydrogens (tertiary/aromatic N) is 1. The molecule has 0 aliphatic carbocycles. The summed E-state index contributed by atoms with van der Waals surface area (Å²) < 4.78 is 5.60. The highest BCUT2D eigenvalue weighted by molar-refractivity contribution is 6.31. The monoisotopic (exact) mass is 261 g/mol. The second-order valence-corrected chi connectivity index (χ2v) is 4.10. The van der Waals surface area contributed by atoms with Crippen molar-refractivity contribution in [2.75, 3.05) is 0 Å². The summed E-state index contributed by atoms with van der Waals surface area (Å²) in [5, 5.41) is 7.92. The minimum absolute atomic E-state index is 0.0161. The van der Waals surface area contributed by atoms with Crippen LogP contribution in [0, 0.1) is 5.41 Å². The molecule has 3 N–H and O–H groups in total. The largest absolute Gasteiger partial charge is 0.489 e. The van der Waals surface area contributed by atoms with E-state index >= 15 is 0 Å². The summed E-state index contributed by atoms with van der Waals surface area (Å²) in [4.78, 5) is 3.91. The Hall–Kier alpha value is -2.07. The Morgan fingerprint density at radius 2 is 2.22 bits per heavy atom. The molecule has 0 unspecified atom stereocenters. The van der Waals surface area contributed by atoms with Crippen molar-refractivity contribution in [2.45, 2.75) is 6.61 Å². The van der Waals surface area contributed by atoms with Crippen molar-refractivity contribution < 1.29 is 4.74 Å². The third-order valence-electron chi connectivity index (χ3n) is 2.40. The molecule has 1 aromatic heterocycles. The van der Waals surface area contributed by atoms with Crippen LogP contribution in [0.4, 0.5) is 0 Å². The van der Waals surface area contributed by atoms with Gasteiger partial charge in [-0.25, -0.2) is 0 Å². The maximum atomic E-state index is 7.36. The molecule has 0 spiro atoms. The van der Waals surface area contributed by atoms with Gasteiger partial charge in [-0.3, -0.25) is 10.4 Å². The summed E-state index contributed by atoms with van der Waals surface area (Å²) >= 11 is 5.98. The first-order valence-electron chi connectivity index (χ1n) is 5.32. The van der Waals surface area contributed by atoms with Crippen LogP contribution in [0.3, 0.4) is 0 Å². The third kappa shape index (κ3) is 2.99. The molecular weight excluding hydrogens is 250 g/mol. The van der Waals surface area contributed by atoms with Gasteiger partial charge in [0.2, 0.25) is 0 Å². The van der Waals surface area contributed by atoms with Gasteiger partial charge in [0.1, 0.15) is 18.2 Å². The van der Waals surface area contributed by atoms with Crippen LogP contribution in [0.25, 0.3) is 0 Å². The molecule has 0 aliphatic rings. The number of halogens is 1. The van der Waals surface area contributed by atoms with E-state index in [9.17, 15) is 0 Å². The topological polar surface area (TPSA) is 72.0 Å². The van der Waals surface area contributed by atoms with Crippen LogP contribution in [0.1, 0.15) is 11.1 Å². The average molecular weight is 262 g/mol. The van der Waals surface area contributed by atoms with E-state index in [1.54, 1.807) is 36.7 Å². The van der Waals surface area contributed by atoms with Crippen molar-refractivity contribution in [1.29, 1.82) is 5.41 Å². The number of hydrogen-bond acceptors (Lipinski definition) is 3. The number of hydrogen-bond donors (Lipinski definition) is 2. The lowest BCUT2D eigenvalue weighted by Gasteiger charge is -2.08. The smallest absolute Gasteiger partial charge is 0.122 e. The predicted molar refractivity (Wildman–Crippen MR) is 71.0 cm³/mol. The van der Waals surface area contributed by atoms with Crippen LogP contribution in [-0.4, -0.2) is 10.8 Å². The van der Waals surface area contributed by atoms with E-state index in [2.05, 4.69) is 4.98 Å². The molecular formula is C13H12ClN3O. The number of nitrogens with two attached hydrogens (primary N) is 1. The van der Waals surface area contributed by atoms with E-state index in [1.807, 2.05) is 6.07 Å². The molecule has 0 radical (unpaired) electrons. The molecule has 92 valence electrons. The SMILES string of the molecule is N=C(N)c1cccc(OCc2ccncc2Cl)c1. The second kappa shape index (κ2) is 5.51. The molecule has 0 bridgehead atoms. The molecule has 18 heavy (non-hydrogen) atoms. The number of nitrogens with one attached hydrogen (secondary N) is 1. The summed E-state index contributed by atoms with van der Waals surface area (Å²) in [5.74, 6) is 0.665. The van der Waals surface area contributed by atoms with E-state index in [1.165, 1.54) is 0 Å². The van der Waals surface area contributed by atoms with E-state index in [4.69, 9.17) is 27.5 Å². The Labute approximate surface area is 110 Å². The molecule has 0 aliphatic heterocycles. The number of benzene rings is 1. The highest BCUT2D eigenvalue weighted by Crippen LogP contribution is 2.18. The Morgan fingerprint density at radius 3 is 2.94 bits per heavy atom. The van der Waals surface area contributed by atoms with Crippen LogP contribution in [0.5, 0.6) is 5.75 Å². The van der Waals surface area contributed by atoms with Gasteiger partial charge in [-0.1, -0.05) is 23.7 Å². The van der Waals surface area contributed by atoms with Gasteiger partial charge >= 0.3 is 0 Å². The molecule has 2 rings (SSSR count). The van der Waals surface area contributed by atoms with E-state index in [0.717, 1.165) is 5.56 Å². The Bertz CT molecular complexity index is 572. The van der Waals surface area contributed by atoms with Crippen molar-refractivity contribution >= 4 is 17.4 Å². The van der Waals surface area contributed by atoms with Gasteiger partial charge in [0.05, 0.1) is 5.02 Å². The first-order valence-corrected chi connectivity index (χ1v) is 5.70. The summed E-state index contributed by atoms with van der Waals surface area (Å²) in [7, 11) is 0. The zero-order chi connectivity index (χ0) is 13.0. The highest BCUT2D eigenvalue weighted by Gasteiger charge is 2.02. The van der Waals surface area contributed by atoms with Crippen LogP contribution < -0.4 is 10.5 Å². The zero-order valence-corrected chi connectivity index (χ0v) is 10.3. The number of ether oxygens (including phenoxy) is 1. The van der Waals surface area contributed by atoms with Crippen LogP contribution in [0.2, 0.25) is 5.02 Å². The van der Waals surface area contributed by atoms with Crippen LogP contribution in [0.15, 0.2) is 42.7 Å². The normalized spacial score (nSPS) is 10.1. The quantitative estimate of drug-likeness (QED) is 0.656. The van der Waals surface area contributed by atoms with Crippen LogP contribution >= 0.6 is 11.6 Å². The fourth-order valence-electron chi connectivity index (χ4n) is 1.44. The first kappa shape index (κ1) is 12.4. The molecule has 0 fully saturated rings. The van der Waals surface area contributed by atoms with Gasteiger partial charge in [0.25, 0.3) is 0 Å². The molecule has 1 aromatic carbocycles. The fourth-order valence-corrected chi connectivity index (χ4v) is 1.61. The van der Waals surface area contributed by atoms with E-state index in [-0.39, 0.29) is 5.84 Å². The minimum atomic E-state index is 0.0161. The van der Waals surface area contributed by atoms with E-state index in [0.29, 0.717) is 22.9 Å². The Kier molecular flexibility index (Phi) is 3.79. The molecule has 1 heterocycles. The molecule has 4 nitrogen and oxygen atoms in total. The van der Waals surface area contributed by atoms with E-state index < -0.39 is 0 Å². The van der Waals surface area contributed by atoms with Crippen LogP contribution in [-0.2, 0) is 6.61 Å². The van der Waals surface area contributed by atoms with Gasteiger partial charge < -0.3 is 10.5 Å². The van der Waals surface area contributed by atoms with Gasteiger partial charge in [0.15, 0.2) is 0 Å². The second-order valence-electron chi connectivity index (χ2n) is 3.70. The summed E-state index contributed by atoms with van der Waals surface area (Å²) in [6.07, 6.45) is 3.24. The minimum Gasteiger partial charge on any atom is -0.489 e. The average Bonchev–Trinajstić information content (AvgIpc) is 2.38. The maximum absolute atomic E-state index is 7.36. The highest BCUT2D eigenvalue weighted by atomic mass is 35.5. The summed E-state index contributed by atoms with van der Waals surface area (Å²) in [5.41, 5.74) is 6.91. The zero-order valence-electron chi connectivity index (χ0n) is 9.56. The number of rotatable bonds is 4. The molecule has 0 amide bonds. The number of aromatic nitrogens is 1. The summed E-state index contributed by atoms with van der Waals surface area (Å²) in [6.45, 7) is 0.350. The molecule has 0 saturated heterocycles. The Morgan fingerprint density at radius 1 is 1.39 bits per heavy atom.